The van der Waals surface area contributed by atoms with Crippen LogP contribution in [0.25, 0.3) is 22.3 Å². The predicted octanol–water partition coefficient (Wildman–Crippen LogP) is 5.45. The number of hydrogen-bond donors (Lipinski definition) is 3. The molecule has 2 aromatic heterocycles. The van der Waals surface area contributed by atoms with Gasteiger partial charge in [-0.05, 0) is 86.3 Å². The second-order valence-electron chi connectivity index (χ2n) is 14.4. The van der Waals surface area contributed by atoms with Crippen molar-refractivity contribution in [1.82, 2.24) is 35.1 Å². The minimum atomic E-state index is -0.587. The van der Waals surface area contributed by atoms with Crippen LogP contribution < -0.4 is 5.32 Å². The van der Waals surface area contributed by atoms with Crippen molar-refractivity contribution in [2.75, 3.05) is 27.3 Å². The topological polar surface area (TPSA) is 167 Å². The molecule has 14 heteroatoms. The molecule has 4 aromatic rings. The van der Waals surface area contributed by atoms with Gasteiger partial charge in [0.15, 0.2) is 0 Å². The van der Waals surface area contributed by atoms with Crippen LogP contribution in [0.1, 0.15) is 87.2 Å². The van der Waals surface area contributed by atoms with Crippen LogP contribution in [0.2, 0.25) is 0 Å². The Morgan fingerprint density at radius 2 is 1.59 bits per heavy atom. The highest BCUT2D eigenvalue weighted by atomic mass is 17.2. The lowest BCUT2D eigenvalue weighted by Gasteiger charge is -2.28. The summed E-state index contributed by atoms with van der Waals surface area (Å²) in [5.41, 5.74) is 5.18. The van der Waals surface area contributed by atoms with Crippen molar-refractivity contribution in [3.05, 3.63) is 71.4 Å². The van der Waals surface area contributed by atoms with E-state index in [4.69, 9.17) is 14.6 Å². The second-order valence-corrected chi connectivity index (χ2v) is 14.4. The molecule has 0 unspecified atom stereocenters. The third-order valence-corrected chi connectivity index (χ3v) is 10.4. The average Bonchev–Trinajstić information content (AvgIpc) is 3.60. The molecule has 7 rings (SSSR count). The van der Waals surface area contributed by atoms with Crippen molar-refractivity contribution < 1.29 is 28.9 Å². The first-order chi connectivity index (χ1) is 26.2. The summed E-state index contributed by atoms with van der Waals surface area (Å²) in [7, 11) is 2.70. The first-order valence-corrected chi connectivity index (χ1v) is 18.6. The molecule has 0 bridgehead atoms. The number of nitrogens with one attached hydrogen (secondary N) is 3. The van der Waals surface area contributed by atoms with Crippen molar-refractivity contribution in [2.45, 2.75) is 76.5 Å². The van der Waals surface area contributed by atoms with Gasteiger partial charge in [0.25, 0.3) is 0 Å². The van der Waals surface area contributed by atoms with Crippen LogP contribution in [0.4, 0.5) is 4.79 Å². The number of amides is 3. The van der Waals surface area contributed by atoms with Crippen LogP contribution in [0.3, 0.4) is 0 Å². The minimum Gasteiger partial charge on any atom is -0.453 e. The van der Waals surface area contributed by atoms with Gasteiger partial charge in [0.1, 0.15) is 23.7 Å². The zero-order valence-electron chi connectivity index (χ0n) is 31.0. The van der Waals surface area contributed by atoms with Gasteiger partial charge >= 0.3 is 6.09 Å². The zero-order chi connectivity index (χ0) is 37.8. The summed E-state index contributed by atoms with van der Waals surface area (Å²) in [6.45, 7) is 5.18. The maximum Gasteiger partial charge on any atom is 0.407 e. The second kappa shape index (κ2) is 16.1. The first-order valence-electron chi connectivity index (χ1n) is 18.6. The Hall–Kier alpha value is -5.68. The quantitative estimate of drug-likeness (QED) is 0.0602. The molecule has 14 nitrogen and oxygen atoms in total. The number of rotatable bonds is 11. The van der Waals surface area contributed by atoms with E-state index < -0.39 is 18.2 Å². The van der Waals surface area contributed by atoms with Crippen LogP contribution in [-0.2, 0) is 24.1 Å². The smallest absolute Gasteiger partial charge is 0.407 e. The van der Waals surface area contributed by atoms with Gasteiger partial charge in [0.05, 0.1) is 49.2 Å². The van der Waals surface area contributed by atoms with Gasteiger partial charge in [-0.15, -0.1) is 0 Å². The highest BCUT2D eigenvalue weighted by Crippen LogP contribution is 2.38. The van der Waals surface area contributed by atoms with E-state index in [-0.39, 0.29) is 35.7 Å². The van der Waals surface area contributed by atoms with Crippen molar-refractivity contribution in [3.63, 3.8) is 0 Å². The van der Waals surface area contributed by atoms with Crippen LogP contribution >= 0.6 is 0 Å². The fourth-order valence-electron chi connectivity index (χ4n) is 7.42. The fourth-order valence-corrected chi connectivity index (χ4v) is 7.42. The first kappa shape index (κ1) is 36.7. The van der Waals surface area contributed by atoms with E-state index in [9.17, 15) is 14.4 Å². The molecule has 3 N–H and O–H groups in total. The predicted molar refractivity (Wildman–Crippen MR) is 201 cm³/mol. The summed E-state index contributed by atoms with van der Waals surface area (Å²) in [4.78, 5) is 72.8. The highest BCUT2D eigenvalue weighted by molar-refractivity contribution is 5.87. The molecule has 2 aromatic carbocycles. The van der Waals surface area contributed by atoms with E-state index in [0.29, 0.717) is 13.1 Å². The number of ether oxygens (including phenoxy) is 1. The van der Waals surface area contributed by atoms with E-state index in [1.807, 2.05) is 66.1 Å². The van der Waals surface area contributed by atoms with Crippen LogP contribution in [-0.4, -0.2) is 93.4 Å². The van der Waals surface area contributed by atoms with Crippen molar-refractivity contribution in [1.29, 1.82) is 0 Å². The normalized spacial score (nSPS) is 19.6. The number of aromatic nitrogens is 4. The molecule has 0 radical (unpaired) electrons. The SMILES string of the molecule is COOC=N[C@H](C(=O)N1CCC[C@H]1c1ncc(-c2ccc(C#Cc3ccc4nc([C@@H]5CCCN5C(=O)[C@@H](NC(=O)OC)C5CC5)[nH]c4c3)cc2)[nH]1)C(C)C. The lowest BCUT2D eigenvalue weighted by atomic mass is 10.0. The number of aromatic amines is 2. The number of alkyl carbamates (subject to hydrolysis) is 1. The molecule has 1 aliphatic carbocycles. The molecule has 3 fully saturated rings. The van der Waals surface area contributed by atoms with Gasteiger partial charge in [0, 0.05) is 24.2 Å². The molecule has 0 spiro atoms. The fraction of sp³-hybridized carbons (Fsp3) is 0.450. The van der Waals surface area contributed by atoms with Gasteiger partial charge in [0.2, 0.25) is 18.2 Å². The average molecular weight is 735 g/mol. The maximum absolute atomic E-state index is 13.6. The van der Waals surface area contributed by atoms with Crippen molar-refractivity contribution in [3.8, 4) is 23.1 Å². The Bertz CT molecular complexity index is 2070. The summed E-state index contributed by atoms with van der Waals surface area (Å²) in [5.74, 6) is 8.01. The number of nitrogens with zero attached hydrogens (tertiary/aromatic N) is 5. The lowest BCUT2D eigenvalue weighted by molar-refractivity contribution is -0.188. The zero-order valence-corrected chi connectivity index (χ0v) is 31.0. The largest absolute Gasteiger partial charge is 0.453 e. The molecule has 3 aliphatic rings. The molecular weight excluding hydrogens is 688 g/mol. The summed E-state index contributed by atoms with van der Waals surface area (Å²) < 4.78 is 4.78. The number of imidazole rings is 2. The summed E-state index contributed by atoms with van der Waals surface area (Å²) in [5, 5.41) is 2.75. The molecular formula is C40H46N8O6. The Balaban J connectivity index is 1.01. The highest BCUT2D eigenvalue weighted by Gasteiger charge is 2.43. The number of carbonyl (C=O) groups is 3. The van der Waals surface area contributed by atoms with Crippen LogP contribution in [0.15, 0.2) is 53.7 Å². The summed E-state index contributed by atoms with van der Waals surface area (Å²) in [6, 6.07) is 12.3. The number of hydrogen-bond acceptors (Lipinski definition) is 9. The Morgan fingerprint density at radius 1 is 0.907 bits per heavy atom. The summed E-state index contributed by atoms with van der Waals surface area (Å²) >= 11 is 0. The molecule has 2 aliphatic heterocycles. The lowest BCUT2D eigenvalue weighted by Crippen LogP contribution is -2.49. The minimum absolute atomic E-state index is 0.0123. The van der Waals surface area contributed by atoms with E-state index in [1.165, 1.54) is 20.6 Å². The number of benzene rings is 2. The number of fused-ring (bicyclic) bond motifs is 1. The van der Waals surface area contributed by atoms with E-state index >= 15 is 0 Å². The third-order valence-electron chi connectivity index (χ3n) is 10.4. The monoisotopic (exact) mass is 734 g/mol. The van der Waals surface area contributed by atoms with E-state index in [1.54, 1.807) is 6.20 Å². The van der Waals surface area contributed by atoms with Crippen LogP contribution in [0.5, 0.6) is 0 Å². The number of likely N-dealkylation sites (tertiary alicyclic amines) is 2. The maximum atomic E-state index is 13.6. The molecule has 4 atom stereocenters. The molecule has 1 saturated carbocycles. The molecule has 4 heterocycles. The number of methoxy groups -OCH3 is 1. The molecule has 2 saturated heterocycles. The van der Waals surface area contributed by atoms with Gasteiger partial charge in [-0.25, -0.2) is 19.8 Å². The molecule has 54 heavy (non-hydrogen) atoms. The number of aliphatic imine (C=N–C) groups is 1. The Labute approximate surface area is 314 Å². The van der Waals surface area contributed by atoms with Gasteiger partial charge < -0.3 is 34.7 Å². The molecule has 282 valence electrons. The summed E-state index contributed by atoms with van der Waals surface area (Å²) in [6.07, 6.45) is 7.58. The third kappa shape index (κ3) is 7.96. The standard InChI is InChI=1S/C40H46N8O6/c1-24(2)34(42-23-54-53-4)38(49)47-19-5-7-32(47)36-41-22-31(45-36)27-14-11-25(12-15-27)9-10-26-13-18-29-30(21-26)44-37(43-29)33-8-6-20-48(33)39(50)35(28-16-17-28)46-40(51)52-3/h11-15,18,21-24,28,32-35H,5-8,16-17,19-20H2,1-4H3,(H,41,45)(H,43,44)(H,46,51)/t32-,33-,34-,35-/m0/s1. The number of carbonyl (C=O) groups excluding carboxylic acids is 3. The molecule has 3 amide bonds. The van der Waals surface area contributed by atoms with Crippen molar-refractivity contribution in [2.24, 2.45) is 16.8 Å². The van der Waals surface area contributed by atoms with Crippen molar-refractivity contribution >= 4 is 35.3 Å². The Morgan fingerprint density at radius 3 is 2.28 bits per heavy atom. The van der Waals surface area contributed by atoms with Crippen LogP contribution in [0, 0.1) is 23.7 Å². The Kier molecular flexibility index (Phi) is 11.0. The van der Waals surface area contributed by atoms with Gasteiger partial charge in [-0.3, -0.25) is 9.59 Å². The number of H-pyrrole nitrogens is 2. The van der Waals surface area contributed by atoms with Gasteiger partial charge in [-0.1, -0.05) is 37.8 Å². The van der Waals surface area contributed by atoms with Gasteiger partial charge in [-0.2, -0.15) is 4.89 Å². The van der Waals surface area contributed by atoms with E-state index in [0.717, 1.165) is 83.6 Å². The van der Waals surface area contributed by atoms with E-state index in [2.05, 4.69) is 42.0 Å².